The first-order valence-electron chi connectivity index (χ1n) is 8.14. The molecular weight excluding hydrogens is 318 g/mol. The van der Waals surface area contributed by atoms with Crippen LogP contribution in [0.5, 0.6) is 5.75 Å². The molecule has 0 radical (unpaired) electrons. The van der Waals surface area contributed by atoms with Gasteiger partial charge in [-0.1, -0.05) is 24.3 Å². The van der Waals surface area contributed by atoms with Crippen LogP contribution in [-0.2, 0) is 20.7 Å². The van der Waals surface area contributed by atoms with Crippen LogP contribution < -0.4 is 10.1 Å². The Hall–Kier alpha value is -2.82. The fraction of sp³-hybridized carbons (Fsp3) is 0.300. The summed E-state index contributed by atoms with van der Waals surface area (Å²) < 4.78 is 10.1. The Labute approximate surface area is 148 Å². The summed E-state index contributed by atoms with van der Waals surface area (Å²) in [5.41, 5.74) is 3.84. The minimum Gasteiger partial charge on any atom is -0.497 e. The van der Waals surface area contributed by atoms with Gasteiger partial charge in [-0.3, -0.25) is 9.59 Å². The Bertz CT molecular complexity index is 738. The van der Waals surface area contributed by atoms with Gasteiger partial charge in [0.05, 0.1) is 7.11 Å². The van der Waals surface area contributed by atoms with Crippen molar-refractivity contribution in [1.29, 1.82) is 0 Å². The van der Waals surface area contributed by atoms with Gasteiger partial charge in [0.1, 0.15) is 5.75 Å². The standard InChI is InChI=1S/C20H23NO4/c1-14-5-4-6-18(15(14)2)21-19(22)13-25-20(23)12-9-16-7-10-17(24-3)11-8-16/h4-8,10-11H,9,12-13H2,1-3H3,(H,21,22). The highest BCUT2D eigenvalue weighted by Gasteiger charge is 2.10. The van der Waals surface area contributed by atoms with Crippen molar-refractivity contribution in [2.45, 2.75) is 26.7 Å². The third-order valence-corrected chi connectivity index (χ3v) is 4.02. The Kier molecular flexibility index (Phi) is 6.57. The van der Waals surface area contributed by atoms with E-state index < -0.39 is 5.97 Å². The van der Waals surface area contributed by atoms with Gasteiger partial charge in [-0.15, -0.1) is 0 Å². The SMILES string of the molecule is COc1ccc(CCC(=O)OCC(=O)Nc2cccc(C)c2C)cc1. The van der Waals surface area contributed by atoms with Crippen molar-refractivity contribution in [3.8, 4) is 5.75 Å². The summed E-state index contributed by atoms with van der Waals surface area (Å²) in [6.07, 6.45) is 0.782. The van der Waals surface area contributed by atoms with Crippen molar-refractivity contribution in [2.75, 3.05) is 19.0 Å². The van der Waals surface area contributed by atoms with Crippen LogP contribution in [0.25, 0.3) is 0 Å². The summed E-state index contributed by atoms with van der Waals surface area (Å²) in [5, 5.41) is 2.76. The normalized spacial score (nSPS) is 10.2. The van der Waals surface area contributed by atoms with Crippen molar-refractivity contribution < 1.29 is 19.1 Å². The maximum atomic E-state index is 11.9. The zero-order valence-electron chi connectivity index (χ0n) is 14.8. The Morgan fingerprint density at radius 2 is 1.76 bits per heavy atom. The van der Waals surface area contributed by atoms with Gasteiger partial charge in [-0.2, -0.15) is 0 Å². The molecule has 0 saturated carbocycles. The predicted octanol–water partition coefficient (Wildman–Crippen LogP) is 3.43. The maximum Gasteiger partial charge on any atom is 0.306 e. The van der Waals surface area contributed by atoms with Crippen LogP contribution in [0, 0.1) is 13.8 Å². The number of aryl methyl sites for hydroxylation is 2. The van der Waals surface area contributed by atoms with Crippen LogP contribution in [0.3, 0.4) is 0 Å². The minimum atomic E-state index is -0.396. The number of rotatable bonds is 7. The zero-order valence-corrected chi connectivity index (χ0v) is 14.8. The van der Waals surface area contributed by atoms with Crippen molar-refractivity contribution in [3.05, 3.63) is 59.2 Å². The second-order valence-electron chi connectivity index (χ2n) is 5.80. The molecule has 0 atom stereocenters. The van der Waals surface area contributed by atoms with Crippen LogP contribution in [-0.4, -0.2) is 25.6 Å². The molecule has 0 bridgehead atoms. The van der Waals surface area contributed by atoms with Gasteiger partial charge >= 0.3 is 5.97 Å². The number of anilines is 1. The number of amides is 1. The Morgan fingerprint density at radius 3 is 2.44 bits per heavy atom. The van der Waals surface area contributed by atoms with Crippen molar-refractivity contribution >= 4 is 17.6 Å². The lowest BCUT2D eigenvalue weighted by atomic mass is 10.1. The van der Waals surface area contributed by atoms with Gasteiger partial charge in [0.15, 0.2) is 6.61 Å². The molecule has 2 aromatic rings. The molecule has 0 aromatic heterocycles. The quantitative estimate of drug-likeness (QED) is 0.784. The van der Waals surface area contributed by atoms with E-state index in [4.69, 9.17) is 9.47 Å². The first-order chi connectivity index (χ1) is 12.0. The molecule has 0 unspecified atom stereocenters. The smallest absolute Gasteiger partial charge is 0.306 e. The summed E-state index contributed by atoms with van der Waals surface area (Å²) in [4.78, 5) is 23.7. The average molecular weight is 341 g/mol. The van der Waals surface area contributed by atoms with E-state index in [0.29, 0.717) is 6.42 Å². The van der Waals surface area contributed by atoms with Crippen LogP contribution in [0.4, 0.5) is 5.69 Å². The molecule has 0 saturated heterocycles. The van der Waals surface area contributed by atoms with E-state index >= 15 is 0 Å². The minimum absolute atomic E-state index is 0.225. The van der Waals surface area contributed by atoms with Gasteiger partial charge < -0.3 is 14.8 Å². The van der Waals surface area contributed by atoms with E-state index in [1.54, 1.807) is 7.11 Å². The maximum absolute atomic E-state index is 11.9. The topological polar surface area (TPSA) is 64.6 Å². The lowest BCUT2D eigenvalue weighted by Crippen LogP contribution is -2.21. The van der Waals surface area contributed by atoms with E-state index in [0.717, 1.165) is 28.1 Å². The highest BCUT2D eigenvalue weighted by atomic mass is 16.5. The first kappa shape index (κ1) is 18.5. The molecule has 132 valence electrons. The van der Waals surface area contributed by atoms with Gasteiger partial charge in [-0.05, 0) is 55.2 Å². The van der Waals surface area contributed by atoms with Crippen molar-refractivity contribution in [3.63, 3.8) is 0 Å². The molecule has 2 aromatic carbocycles. The third kappa shape index (κ3) is 5.64. The summed E-state index contributed by atoms with van der Waals surface area (Å²) in [6.45, 7) is 3.63. The number of ether oxygens (including phenoxy) is 2. The number of carbonyl (C=O) groups is 2. The molecule has 5 nitrogen and oxygen atoms in total. The van der Waals surface area contributed by atoms with Crippen LogP contribution in [0.2, 0.25) is 0 Å². The van der Waals surface area contributed by atoms with E-state index in [2.05, 4.69) is 5.32 Å². The molecule has 0 heterocycles. The zero-order chi connectivity index (χ0) is 18.2. The monoisotopic (exact) mass is 341 g/mol. The summed E-state index contributed by atoms with van der Waals surface area (Å²) in [5.74, 6) is 0.0351. The molecule has 5 heteroatoms. The Balaban J connectivity index is 1.75. The van der Waals surface area contributed by atoms with E-state index in [1.807, 2.05) is 56.3 Å². The number of hydrogen-bond acceptors (Lipinski definition) is 4. The lowest BCUT2D eigenvalue weighted by Gasteiger charge is -2.10. The number of esters is 1. The largest absolute Gasteiger partial charge is 0.497 e. The van der Waals surface area contributed by atoms with Crippen molar-refractivity contribution in [1.82, 2.24) is 0 Å². The molecule has 0 fully saturated rings. The number of benzene rings is 2. The molecule has 1 amide bonds. The highest BCUT2D eigenvalue weighted by molar-refractivity contribution is 5.93. The second kappa shape index (κ2) is 8.87. The number of hydrogen-bond donors (Lipinski definition) is 1. The molecule has 0 spiro atoms. The molecule has 25 heavy (non-hydrogen) atoms. The number of nitrogens with one attached hydrogen (secondary N) is 1. The third-order valence-electron chi connectivity index (χ3n) is 4.02. The number of carbonyl (C=O) groups excluding carboxylic acids is 2. The molecular formula is C20H23NO4. The van der Waals surface area contributed by atoms with Crippen LogP contribution >= 0.6 is 0 Å². The molecule has 1 N–H and O–H groups in total. The predicted molar refractivity (Wildman–Crippen MR) is 96.8 cm³/mol. The lowest BCUT2D eigenvalue weighted by molar-refractivity contribution is -0.147. The van der Waals surface area contributed by atoms with Gasteiger partial charge in [-0.25, -0.2) is 0 Å². The first-order valence-corrected chi connectivity index (χ1v) is 8.14. The summed E-state index contributed by atoms with van der Waals surface area (Å²) in [7, 11) is 1.61. The van der Waals surface area contributed by atoms with E-state index in [9.17, 15) is 9.59 Å². The van der Waals surface area contributed by atoms with Gasteiger partial charge in [0.25, 0.3) is 5.91 Å². The average Bonchev–Trinajstić information content (AvgIpc) is 2.62. The van der Waals surface area contributed by atoms with E-state index in [-0.39, 0.29) is 18.9 Å². The Morgan fingerprint density at radius 1 is 1.04 bits per heavy atom. The molecule has 0 aliphatic heterocycles. The number of methoxy groups -OCH3 is 1. The fourth-order valence-electron chi connectivity index (χ4n) is 2.33. The summed E-state index contributed by atoms with van der Waals surface area (Å²) >= 11 is 0. The molecule has 2 rings (SSSR count). The molecule has 0 aliphatic carbocycles. The highest BCUT2D eigenvalue weighted by Crippen LogP contribution is 2.17. The fourth-order valence-corrected chi connectivity index (χ4v) is 2.33. The van der Waals surface area contributed by atoms with E-state index in [1.165, 1.54) is 0 Å². The van der Waals surface area contributed by atoms with Crippen LogP contribution in [0.1, 0.15) is 23.1 Å². The molecule has 0 aliphatic rings. The van der Waals surface area contributed by atoms with Gasteiger partial charge in [0, 0.05) is 12.1 Å². The summed E-state index contributed by atoms with van der Waals surface area (Å²) in [6, 6.07) is 13.2. The van der Waals surface area contributed by atoms with Crippen molar-refractivity contribution in [2.24, 2.45) is 0 Å². The van der Waals surface area contributed by atoms with Gasteiger partial charge in [0.2, 0.25) is 0 Å². The van der Waals surface area contributed by atoms with Crippen LogP contribution in [0.15, 0.2) is 42.5 Å². The second-order valence-corrected chi connectivity index (χ2v) is 5.80.